The molecule has 0 heterocycles. The van der Waals surface area contributed by atoms with Gasteiger partial charge in [-0.15, -0.1) is 5.92 Å². The molecule has 0 fully saturated rings. The van der Waals surface area contributed by atoms with Crippen LogP contribution in [0.4, 0.5) is 13.2 Å². The van der Waals surface area contributed by atoms with Crippen molar-refractivity contribution in [1.29, 1.82) is 0 Å². The summed E-state index contributed by atoms with van der Waals surface area (Å²) in [5.41, 5.74) is 0.0690. The maximum absolute atomic E-state index is 13.8. The number of benzene rings is 2. The Balaban J connectivity index is 2.90. The lowest BCUT2D eigenvalue weighted by molar-refractivity contribution is 0.511. The van der Waals surface area contributed by atoms with Crippen molar-refractivity contribution in [2.24, 2.45) is 0 Å². The van der Waals surface area contributed by atoms with Crippen LogP contribution in [0.1, 0.15) is 12.5 Å². The Hall–Kier alpha value is -1.95. The van der Waals surface area contributed by atoms with Crippen LogP contribution >= 0.6 is 0 Å². The summed E-state index contributed by atoms with van der Waals surface area (Å²) in [5.74, 6) is 1.97. The fraction of sp³-hybridized carbons (Fsp3) is 0.0769. The van der Waals surface area contributed by atoms with E-state index in [0.717, 1.165) is 6.07 Å². The second-order valence-electron chi connectivity index (χ2n) is 3.26. The SMILES string of the molecule is CC#Cc1ccc2ccc(F)c(F)c2c1F. The van der Waals surface area contributed by atoms with E-state index in [1.165, 1.54) is 18.2 Å². The van der Waals surface area contributed by atoms with E-state index in [1.807, 2.05) is 0 Å². The van der Waals surface area contributed by atoms with E-state index in [1.54, 1.807) is 6.92 Å². The van der Waals surface area contributed by atoms with Gasteiger partial charge in [0.1, 0.15) is 5.82 Å². The monoisotopic (exact) mass is 220 g/mol. The molecule has 0 saturated carbocycles. The van der Waals surface area contributed by atoms with Crippen molar-refractivity contribution in [1.82, 2.24) is 0 Å². The van der Waals surface area contributed by atoms with E-state index >= 15 is 0 Å². The van der Waals surface area contributed by atoms with Crippen LogP contribution in [0.15, 0.2) is 24.3 Å². The molecular weight excluding hydrogens is 213 g/mol. The maximum Gasteiger partial charge on any atom is 0.169 e. The molecule has 16 heavy (non-hydrogen) atoms. The molecule has 80 valence electrons. The number of halogens is 3. The Bertz CT molecular complexity index is 618. The molecule has 0 aliphatic rings. The van der Waals surface area contributed by atoms with Gasteiger partial charge in [-0.1, -0.05) is 18.1 Å². The van der Waals surface area contributed by atoms with E-state index in [0.29, 0.717) is 5.39 Å². The zero-order chi connectivity index (χ0) is 11.7. The maximum atomic E-state index is 13.8. The molecule has 2 aromatic carbocycles. The largest absolute Gasteiger partial charge is 0.205 e. The van der Waals surface area contributed by atoms with Crippen molar-refractivity contribution in [2.75, 3.05) is 0 Å². The summed E-state index contributed by atoms with van der Waals surface area (Å²) in [5, 5.41) is -0.0293. The van der Waals surface area contributed by atoms with Crippen molar-refractivity contribution >= 4 is 10.8 Å². The smallest absolute Gasteiger partial charge is 0.169 e. The number of fused-ring (bicyclic) bond motifs is 1. The van der Waals surface area contributed by atoms with Gasteiger partial charge in [0.05, 0.1) is 10.9 Å². The fourth-order valence-corrected chi connectivity index (χ4v) is 1.54. The third kappa shape index (κ3) is 1.53. The van der Waals surface area contributed by atoms with Crippen LogP contribution in [0.2, 0.25) is 0 Å². The normalized spacial score (nSPS) is 10.0. The second kappa shape index (κ2) is 3.90. The highest BCUT2D eigenvalue weighted by Gasteiger charge is 2.13. The first kappa shape index (κ1) is 10.6. The minimum absolute atomic E-state index is 0.0690. The predicted octanol–water partition coefficient (Wildman–Crippen LogP) is 3.63. The number of hydrogen-bond donors (Lipinski definition) is 0. The average Bonchev–Trinajstić information content (AvgIpc) is 2.27. The molecular formula is C13H7F3. The van der Waals surface area contributed by atoms with Crippen LogP contribution in [0.25, 0.3) is 10.8 Å². The lowest BCUT2D eigenvalue weighted by atomic mass is 10.1. The van der Waals surface area contributed by atoms with E-state index < -0.39 is 17.5 Å². The minimum Gasteiger partial charge on any atom is -0.205 e. The molecule has 0 N–H and O–H groups in total. The first-order valence-electron chi connectivity index (χ1n) is 4.64. The van der Waals surface area contributed by atoms with E-state index in [2.05, 4.69) is 11.8 Å². The minimum atomic E-state index is -1.17. The molecule has 0 nitrogen and oxygen atoms in total. The third-order valence-corrected chi connectivity index (χ3v) is 2.27. The van der Waals surface area contributed by atoms with Gasteiger partial charge in [0.2, 0.25) is 0 Å². The second-order valence-corrected chi connectivity index (χ2v) is 3.26. The lowest BCUT2D eigenvalue weighted by Gasteiger charge is -2.03. The van der Waals surface area contributed by atoms with Crippen LogP contribution in [-0.4, -0.2) is 0 Å². The van der Waals surface area contributed by atoms with Crippen molar-refractivity contribution in [3.63, 3.8) is 0 Å². The molecule has 0 atom stereocenters. The zero-order valence-corrected chi connectivity index (χ0v) is 8.44. The summed E-state index contributed by atoms with van der Waals surface area (Å²) in [6.45, 7) is 1.55. The van der Waals surface area contributed by atoms with Crippen molar-refractivity contribution in [3.8, 4) is 11.8 Å². The van der Waals surface area contributed by atoms with Crippen LogP contribution in [0.5, 0.6) is 0 Å². The fourth-order valence-electron chi connectivity index (χ4n) is 1.54. The summed E-state index contributed by atoms with van der Waals surface area (Å²) in [4.78, 5) is 0. The molecule has 0 aliphatic carbocycles. The highest BCUT2D eigenvalue weighted by molar-refractivity contribution is 5.85. The number of rotatable bonds is 0. The molecule has 2 rings (SSSR count). The lowest BCUT2D eigenvalue weighted by Crippen LogP contribution is -1.92. The zero-order valence-electron chi connectivity index (χ0n) is 8.44. The Kier molecular flexibility index (Phi) is 2.57. The standard InChI is InChI=1S/C13H7F3/c1-2-3-9-5-4-8-6-7-10(14)13(16)11(8)12(9)15/h4-7H,1H3. The average molecular weight is 220 g/mol. The Labute approximate surface area is 90.7 Å². The third-order valence-electron chi connectivity index (χ3n) is 2.27. The summed E-state index contributed by atoms with van der Waals surface area (Å²) in [7, 11) is 0. The molecule has 3 heteroatoms. The molecule has 0 unspecified atom stereocenters. The van der Waals surface area contributed by atoms with Crippen molar-refractivity contribution in [2.45, 2.75) is 6.92 Å². The van der Waals surface area contributed by atoms with Crippen LogP contribution in [0.3, 0.4) is 0 Å². The molecule has 0 spiro atoms. The first-order valence-corrected chi connectivity index (χ1v) is 4.64. The molecule has 0 aliphatic heterocycles. The van der Waals surface area contributed by atoms with Gasteiger partial charge in [0.15, 0.2) is 11.6 Å². The van der Waals surface area contributed by atoms with Gasteiger partial charge in [-0.05, 0) is 24.4 Å². The predicted molar refractivity (Wildman–Crippen MR) is 56.4 cm³/mol. The van der Waals surface area contributed by atoms with Gasteiger partial charge in [-0.2, -0.15) is 0 Å². The van der Waals surface area contributed by atoms with Gasteiger partial charge >= 0.3 is 0 Å². The first-order chi connectivity index (χ1) is 7.65. The summed E-state index contributed by atoms with van der Waals surface area (Å²) >= 11 is 0. The highest BCUT2D eigenvalue weighted by atomic mass is 19.2. The molecule has 0 radical (unpaired) electrons. The van der Waals surface area contributed by atoms with Gasteiger partial charge < -0.3 is 0 Å². The van der Waals surface area contributed by atoms with E-state index in [9.17, 15) is 13.2 Å². The highest BCUT2D eigenvalue weighted by Crippen LogP contribution is 2.25. The molecule has 0 saturated heterocycles. The van der Waals surface area contributed by atoms with Crippen molar-refractivity contribution < 1.29 is 13.2 Å². The van der Waals surface area contributed by atoms with Gasteiger partial charge in [-0.25, -0.2) is 13.2 Å². The van der Waals surface area contributed by atoms with Gasteiger partial charge in [0, 0.05) is 0 Å². The molecule has 2 aromatic rings. The quantitative estimate of drug-likeness (QED) is 0.595. The van der Waals surface area contributed by atoms with E-state index in [4.69, 9.17) is 0 Å². The van der Waals surface area contributed by atoms with Crippen molar-refractivity contribution in [3.05, 3.63) is 47.3 Å². The molecule has 0 bridgehead atoms. The Morgan fingerprint density at radius 1 is 0.938 bits per heavy atom. The molecule has 0 aromatic heterocycles. The Morgan fingerprint density at radius 2 is 1.62 bits per heavy atom. The Morgan fingerprint density at radius 3 is 2.31 bits per heavy atom. The van der Waals surface area contributed by atoms with Gasteiger partial charge in [-0.3, -0.25) is 0 Å². The number of hydrogen-bond acceptors (Lipinski definition) is 0. The van der Waals surface area contributed by atoms with Crippen LogP contribution < -0.4 is 0 Å². The molecule has 0 amide bonds. The van der Waals surface area contributed by atoms with Crippen LogP contribution in [-0.2, 0) is 0 Å². The van der Waals surface area contributed by atoms with Gasteiger partial charge in [0.25, 0.3) is 0 Å². The summed E-state index contributed by atoms with van der Waals surface area (Å²) in [6.07, 6.45) is 0. The topological polar surface area (TPSA) is 0 Å². The summed E-state index contributed by atoms with van der Waals surface area (Å²) < 4.78 is 40.2. The summed E-state index contributed by atoms with van der Waals surface area (Å²) in [6, 6.07) is 5.27. The van der Waals surface area contributed by atoms with Crippen LogP contribution in [0, 0.1) is 29.3 Å². The van der Waals surface area contributed by atoms with E-state index in [-0.39, 0.29) is 10.9 Å².